The highest BCUT2D eigenvalue weighted by Gasteiger charge is 2.31. The van der Waals surface area contributed by atoms with E-state index in [1.54, 1.807) is 15.8 Å². The van der Waals surface area contributed by atoms with E-state index in [2.05, 4.69) is 17.3 Å². The molecule has 8 nitrogen and oxygen atoms in total. The van der Waals surface area contributed by atoms with E-state index in [1.807, 2.05) is 25.1 Å². The van der Waals surface area contributed by atoms with Crippen molar-refractivity contribution in [1.29, 1.82) is 0 Å². The zero-order valence-corrected chi connectivity index (χ0v) is 18.1. The molecule has 2 aliphatic heterocycles. The molecular formula is C17H29IN6O2. The predicted molar refractivity (Wildman–Crippen MR) is 112 cm³/mol. The van der Waals surface area contributed by atoms with Gasteiger partial charge in [0.15, 0.2) is 5.96 Å². The third-order valence-electron chi connectivity index (χ3n) is 4.77. The molecule has 1 atom stereocenters. The lowest BCUT2D eigenvalue weighted by molar-refractivity contribution is -0.120. The molecule has 0 aromatic carbocycles. The number of nitrogens with zero attached hydrogens (tertiary/aromatic N) is 5. The lowest BCUT2D eigenvalue weighted by Gasteiger charge is -2.35. The molecule has 1 aromatic rings. The van der Waals surface area contributed by atoms with E-state index >= 15 is 0 Å². The van der Waals surface area contributed by atoms with Gasteiger partial charge in [-0.3, -0.25) is 14.5 Å². The Morgan fingerprint density at radius 2 is 2.27 bits per heavy atom. The number of ether oxygens (including phenoxy) is 1. The standard InChI is InChI=1S/C17H28N6O2.HI/c1-4-18-16(19-12-17(2)5-8-25-13-17)22-6-7-23(15(24)11-22)14-9-20-21(3)10-14;/h9-10H,4-8,11-13H2,1-3H3,(H,18,19);1H. The summed E-state index contributed by atoms with van der Waals surface area (Å²) in [5.41, 5.74) is 0.951. The van der Waals surface area contributed by atoms with E-state index in [1.165, 1.54) is 0 Å². The second-order valence-corrected chi connectivity index (χ2v) is 7.12. The van der Waals surface area contributed by atoms with E-state index in [0.717, 1.165) is 44.4 Å². The maximum absolute atomic E-state index is 12.6. The molecule has 146 valence electrons. The van der Waals surface area contributed by atoms with Crippen LogP contribution in [0.25, 0.3) is 0 Å². The average Bonchev–Trinajstić information content (AvgIpc) is 3.20. The Balaban J connectivity index is 0.00000243. The lowest BCUT2D eigenvalue weighted by Crippen LogP contribution is -2.55. The van der Waals surface area contributed by atoms with Crippen LogP contribution in [-0.4, -0.2) is 72.5 Å². The molecular weight excluding hydrogens is 447 g/mol. The number of carbonyl (C=O) groups is 1. The molecule has 0 spiro atoms. The van der Waals surface area contributed by atoms with Crippen LogP contribution in [-0.2, 0) is 16.6 Å². The average molecular weight is 476 g/mol. The predicted octanol–water partition coefficient (Wildman–Crippen LogP) is 1.08. The number of anilines is 1. The maximum Gasteiger partial charge on any atom is 0.246 e. The van der Waals surface area contributed by atoms with Crippen molar-refractivity contribution in [2.24, 2.45) is 17.5 Å². The minimum atomic E-state index is 0. The summed E-state index contributed by atoms with van der Waals surface area (Å²) in [5, 5.41) is 7.47. The van der Waals surface area contributed by atoms with Crippen LogP contribution in [0.4, 0.5) is 5.69 Å². The van der Waals surface area contributed by atoms with Gasteiger partial charge < -0.3 is 19.9 Å². The molecule has 0 bridgehead atoms. The van der Waals surface area contributed by atoms with Crippen molar-refractivity contribution in [2.45, 2.75) is 20.3 Å². The highest BCUT2D eigenvalue weighted by Crippen LogP contribution is 2.28. The van der Waals surface area contributed by atoms with Gasteiger partial charge in [-0.2, -0.15) is 5.10 Å². The fourth-order valence-corrected chi connectivity index (χ4v) is 3.20. The second-order valence-electron chi connectivity index (χ2n) is 7.12. The summed E-state index contributed by atoms with van der Waals surface area (Å²) in [6.07, 6.45) is 4.63. The number of hydrogen-bond acceptors (Lipinski definition) is 4. The number of aliphatic imine (C=N–C) groups is 1. The van der Waals surface area contributed by atoms with E-state index < -0.39 is 0 Å². The van der Waals surface area contributed by atoms with Gasteiger partial charge >= 0.3 is 0 Å². The summed E-state index contributed by atoms with van der Waals surface area (Å²) in [6.45, 7) is 9.02. The second kappa shape index (κ2) is 9.03. The molecule has 0 saturated carbocycles. The Kier molecular flexibility index (Phi) is 7.27. The molecule has 1 aromatic heterocycles. The molecule has 3 rings (SSSR count). The van der Waals surface area contributed by atoms with Gasteiger partial charge in [0, 0.05) is 44.9 Å². The Morgan fingerprint density at radius 3 is 2.85 bits per heavy atom. The quantitative estimate of drug-likeness (QED) is 0.400. The van der Waals surface area contributed by atoms with E-state index in [9.17, 15) is 4.79 Å². The number of hydrogen-bond donors (Lipinski definition) is 1. The van der Waals surface area contributed by atoms with Crippen molar-refractivity contribution in [2.75, 3.05) is 50.8 Å². The molecule has 2 aliphatic rings. The van der Waals surface area contributed by atoms with Gasteiger partial charge in [0.2, 0.25) is 5.91 Å². The summed E-state index contributed by atoms with van der Waals surface area (Å²) in [4.78, 5) is 21.2. The number of nitrogens with one attached hydrogen (secondary N) is 1. The largest absolute Gasteiger partial charge is 0.381 e. The number of aryl methyl sites for hydroxylation is 1. The number of halogens is 1. The third-order valence-corrected chi connectivity index (χ3v) is 4.77. The third kappa shape index (κ3) is 4.87. The molecule has 9 heteroatoms. The minimum absolute atomic E-state index is 0. The zero-order chi connectivity index (χ0) is 17.9. The van der Waals surface area contributed by atoms with Gasteiger partial charge in [0.25, 0.3) is 0 Å². The molecule has 1 amide bonds. The van der Waals surface area contributed by atoms with E-state index in [-0.39, 0.29) is 35.3 Å². The van der Waals surface area contributed by atoms with Gasteiger partial charge in [-0.05, 0) is 13.3 Å². The van der Waals surface area contributed by atoms with Gasteiger partial charge in [-0.25, -0.2) is 0 Å². The molecule has 0 radical (unpaired) electrons. The summed E-state index contributed by atoms with van der Waals surface area (Å²) in [7, 11) is 1.85. The summed E-state index contributed by atoms with van der Waals surface area (Å²) < 4.78 is 7.22. The number of carbonyl (C=O) groups excluding carboxylic acids is 1. The number of amides is 1. The number of guanidine groups is 1. The van der Waals surface area contributed by atoms with Gasteiger partial charge in [-0.15, -0.1) is 24.0 Å². The molecule has 0 aliphatic carbocycles. The summed E-state index contributed by atoms with van der Waals surface area (Å²) in [5.74, 6) is 0.884. The SMILES string of the molecule is CCNC(=NCC1(C)CCOC1)N1CCN(c2cnn(C)c2)C(=O)C1.I. The first-order valence-electron chi connectivity index (χ1n) is 8.91. The van der Waals surface area contributed by atoms with Gasteiger partial charge in [0.05, 0.1) is 25.0 Å². The first kappa shape index (κ1) is 20.9. The monoisotopic (exact) mass is 476 g/mol. The van der Waals surface area contributed by atoms with Crippen LogP contribution in [0, 0.1) is 5.41 Å². The van der Waals surface area contributed by atoms with Crippen LogP contribution in [0.5, 0.6) is 0 Å². The van der Waals surface area contributed by atoms with E-state index in [0.29, 0.717) is 19.6 Å². The molecule has 3 heterocycles. The molecule has 2 fully saturated rings. The van der Waals surface area contributed by atoms with Crippen LogP contribution in [0.1, 0.15) is 20.3 Å². The van der Waals surface area contributed by atoms with Crippen LogP contribution < -0.4 is 10.2 Å². The number of rotatable bonds is 4. The van der Waals surface area contributed by atoms with Gasteiger partial charge in [0.1, 0.15) is 6.54 Å². The highest BCUT2D eigenvalue weighted by molar-refractivity contribution is 14.0. The van der Waals surface area contributed by atoms with Crippen molar-refractivity contribution >= 4 is 41.5 Å². The Bertz CT molecular complexity index is 641. The fraction of sp³-hybridized carbons (Fsp3) is 0.706. The van der Waals surface area contributed by atoms with Crippen molar-refractivity contribution in [3.63, 3.8) is 0 Å². The molecule has 2 saturated heterocycles. The summed E-state index contributed by atoms with van der Waals surface area (Å²) >= 11 is 0. The number of piperazine rings is 1. The smallest absolute Gasteiger partial charge is 0.246 e. The lowest BCUT2D eigenvalue weighted by atomic mass is 9.90. The van der Waals surface area contributed by atoms with E-state index in [4.69, 9.17) is 9.73 Å². The number of aromatic nitrogens is 2. The van der Waals surface area contributed by atoms with Crippen LogP contribution in [0.3, 0.4) is 0 Å². The Morgan fingerprint density at radius 1 is 1.46 bits per heavy atom. The van der Waals surface area contributed by atoms with Crippen LogP contribution in [0.15, 0.2) is 17.4 Å². The minimum Gasteiger partial charge on any atom is -0.381 e. The van der Waals surface area contributed by atoms with Crippen molar-refractivity contribution in [1.82, 2.24) is 20.0 Å². The molecule has 1 N–H and O–H groups in total. The van der Waals surface area contributed by atoms with Crippen molar-refractivity contribution in [3.05, 3.63) is 12.4 Å². The van der Waals surface area contributed by atoms with Crippen LogP contribution in [0.2, 0.25) is 0 Å². The van der Waals surface area contributed by atoms with Crippen molar-refractivity contribution in [3.8, 4) is 0 Å². The molecule has 26 heavy (non-hydrogen) atoms. The zero-order valence-electron chi connectivity index (χ0n) is 15.8. The Hall–Kier alpha value is -1.36. The normalized spacial score (nSPS) is 24.0. The fourth-order valence-electron chi connectivity index (χ4n) is 3.20. The van der Waals surface area contributed by atoms with Crippen LogP contribution >= 0.6 is 24.0 Å². The topological polar surface area (TPSA) is 75.0 Å². The molecule has 1 unspecified atom stereocenters. The highest BCUT2D eigenvalue weighted by atomic mass is 127. The summed E-state index contributed by atoms with van der Waals surface area (Å²) in [6, 6.07) is 0. The first-order valence-corrected chi connectivity index (χ1v) is 8.91. The maximum atomic E-state index is 12.6. The first-order chi connectivity index (χ1) is 12.0. The Labute approximate surface area is 172 Å². The van der Waals surface area contributed by atoms with Crippen molar-refractivity contribution < 1.29 is 9.53 Å². The van der Waals surface area contributed by atoms with Gasteiger partial charge in [-0.1, -0.05) is 6.92 Å².